The number of hydrogen-bond acceptors (Lipinski definition) is 5. The number of anilines is 1. The lowest BCUT2D eigenvalue weighted by Gasteiger charge is -2.30. The number of hydrogen-bond donors (Lipinski definition) is 2. The van der Waals surface area contributed by atoms with Crippen molar-refractivity contribution < 1.29 is 4.74 Å². The summed E-state index contributed by atoms with van der Waals surface area (Å²) in [6, 6.07) is 9.92. The SMILES string of the molecule is CCNc1ccc2c(c1)OC(=N)C(C#N)C2c1cncc(Br)c1. The van der Waals surface area contributed by atoms with E-state index in [2.05, 4.69) is 32.3 Å². The van der Waals surface area contributed by atoms with Crippen molar-refractivity contribution in [1.82, 2.24) is 4.98 Å². The molecule has 1 aliphatic heterocycles. The maximum atomic E-state index is 9.51. The fourth-order valence-corrected chi connectivity index (χ4v) is 3.19. The van der Waals surface area contributed by atoms with Crippen LogP contribution in [0.3, 0.4) is 0 Å². The van der Waals surface area contributed by atoms with E-state index in [0.717, 1.165) is 27.8 Å². The van der Waals surface area contributed by atoms with Crippen molar-refractivity contribution >= 4 is 27.5 Å². The first kappa shape index (κ1) is 15.5. The Labute approximate surface area is 143 Å². The van der Waals surface area contributed by atoms with Crippen LogP contribution in [0.2, 0.25) is 0 Å². The molecule has 0 fully saturated rings. The Bertz CT molecular complexity index is 799. The Kier molecular flexibility index (Phi) is 4.30. The van der Waals surface area contributed by atoms with Crippen LogP contribution in [-0.4, -0.2) is 17.4 Å². The number of pyridine rings is 1. The molecule has 6 heteroatoms. The average Bonchev–Trinajstić information content (AvgIpc) is 2.53. The molecular formula is C17H15BrN4O. The zero-order chi connectivity index (χ0) is 16.4. The highest BCUT2D eigenvalue weighted by molar-refractivity contribution is 9.10. The molecule has 2 N–H and O–H groups in total. The van der Waals surface area contributed by atoms with Crippen LogP contribution in [0.4, 0.5) is 5.69 Å². The number of nitrogens with zero attached hydrogens (tertiary/aromatic N) is 2. The first-order valence-electron chi connectivity index (χ1n) is 7.28. The molecule has 1 aliphatic rings. The number of nitriles is 1. The Morgan fingerprint density at radius 2 is 2.22 bits per heavy atom. The summed E-state index contributed by atoms with van der Waals surface area (Å²) in [6.07, 6.45) is 3.44. The highest BCUT2D eigenvalue weighted by Gasteiger charge is 2.37. The fourth-order valence-electron chi connectivity index (χ4n) is 2.81. The largest absolute Gasteiger partial charge is 0.442 e. The molecule has 0 saturated carbocycles. The third-order valence-corrected chi connectivity index (χ3v) is 4.22. The molecule has 2 atom stereocenters. The van der Waals surface area contributed by atoms with E-state index in [9.17, 15) is 5.26 Å². The fraction of sp³-hybridized carbons (Fsp3) is 0.235. The van der Waals surface area contributed by atoms with Crippen LogP contribution < -0.4 is 10.1 Å². The van der Waals surface area contributed by atoms with Gasteiger partial charge in [0.15, 0.2) is 0 Å². The molecule has 0 spiro atoms. The molecule has 0 amide bonds. The molecule has 0 saturated heterocycles. The molecule has 116 valence electrons. The van der Waals surface area contributed by atoms with Crippen molar-refractivity contribution in [3.63, 3.8) is 0 Å². The number of fused-ring (bicyclic) bond motifs is 1. The molecule has 0 aliphatic carbocycles. The predicted molar refractivity (Wildman–Crippen MR) is 91.8 cm³/mol. The number of ether oxygens (including phenoxy) is 1. The lowest BCUT2D eigenvalue weighted by molar-refractivity contribution is 0.450. The van der Waals surface area contributed by atoms with Gasteiger partial charge in [0.05, 0.1) is 6.07 Å². The summed E-state index contributed by atoms with van der Waals surface area (Å²) in [6.45, 7) is 2.82. The highest BCUT2D eigenvalue weighted by atomic mass is 79.9. The first-order chi connectivity index (χ1) is 11.1. The standard InChI is InChI=1S/C17H15BrN4O/c1-2-22-12-3-4-13-15(6-12)23-17(20)14(7-19)16(13)10-5-11(18)9-21-8-10/h3-6,8-9,14,16,20,22H,2H2,1H3. The van der Waals surface area contributed by atoms with Crippen molar-refractivity contribution in [2.45, 2.75) is 12.8 Å². The lowest BCUT2D eigenvalue weighted by Crippen LogP contribution is -2.31. The normalized spacial score (nSPS) is 19.4. The van der Waals surface area contributed by atoms with E-state index in [0.29, 0.717) is 5.75 Å². The minimum absolute atomic E-state index is 0.0291. The average molecular weight is 371 g/mol. The van der Waals surface area contributed by atoms with Gasteiger partial charge in [-0.3, -0.25) is 10.4 Å². The van der Waals surface area contributed by atoms with Gasteiger partial charge in [0.25, 0.3) is 0 Å². The molecule has 2 heterocycles. The van der Waals surface area contributed by atoms with E-state index in [-0.39, 0.29) is 11.8 Å². The lowest BCUT2D eigenvalue weighted by atomic mass is 9.79. The second-order valence-electron chi connectivity index (χ2n) is 5.27. The summed E-state index contributed by atoms with van der Waals surface area (Å²) in [5, 5.41) is 20.8. The predicted octanol–water partition coefficient (Wildman–Crippen LogP) is 3.92. The zero-order valence-corrected chi connectivity index (χ0v) is 14.1. The molecule has 0 radical (unpaired) electrons. The van der Waals surface area contributed by atoms with Gasteiger partial charge in [-0.15, -0.1) is 0 Å². The molecule has 0 bridgehead atoms. The van der Waals surface area contributed by atoms with Gasteiger partial charge in [-0.2, -0.15) is 5.26 Å². The van der Waals surface area contributed by atoms with Gasteiger partial charge in [-0.25, -0.2) is 0 Å². The molecule has 3 rings (SSSR count). The molecule has 2 aromatic rings. The maximum absolute atomic E-state index is 9.51. The number of nitrogens with one attached hydrogen (secondary N) is 2. The van der Waals surface area contributed by atoms with Crippen LogP contribution >= 0.6 is 15.9 Å². The van der Waals surface area contributed by atoms with Gasteiger partial charge in [-0.05, 0) is 40.5 Å². The number of benzene rings is 1. The Morgan fingerprint density at radius 1 is 1.39 bits per heavy atom. The van der Waals surface area contributed by atoms with E-state index in [4.69, 9.17) is 10.1 Å². The topological polar surface area (TPSA) is 81.8 Å². The van der Waals surface area contributed by atoms with Gasteiger partial charge in [0, 0.05) is 46.6 Å². The second kappa shape index (κ2) is 6.39. The van der Waals surface area contributed by atoms with Gasteiger partial charge >= 0.3 is 0 Å². The van der Waals surface area contributed by atoms with Gasteiger partial charge in [0.2, 0.25) is 5.90 Å². The molecule has 5 nitrogen and oxygen atoms in total. The van der Waals surface area contributed by atoms with E-state index in [1.165, 1.54) is 0 Å². The summed E-state index contributed by atoms with van der Waals surface area (Å²) >= 11 is 3.42. The maximum Gasteiger partial charge on any atom is 0.205 e. The van der Waals surface area contributed by atoms with Crippen molar-refractivity contribution in [2.75, 3.05) is 11.9 Å². The molecular weight excluding hydrogens is 356 g/mol. The Morgan fingerprint density at radius 3 is 2.91 bits per heavy atom. The highest BCUT2D eigenvalue weighted by Crippen LogP contribution is 2.43. The minimum atomic E-state index is -0.663. The summed E-state index contributed by atoms with van der Waals surface area (Å²) in [5.74, 6) is -0.343. The number of halogens is 1. The van der Waals surface area contributed by atoms with Gasteiger partial charge in [-0.1, -0.05) is 6.07 Å². The van der Waals surface area contributed by atoms with Crippen molar-refractivity contribution in [2.24, 2.45) is 5.92 Å². The second-order valence-corrected chi connectivity index (χ2v) is 6.19. The Balaban J connectivity index is 2.13. The molecule has 1 aromatic carbocycles. The summed E-state index contributed by atoms with van der Waals surface area (Å²) in [4.78, 5) is 4.19. The first-order valence-corrected chi connectivity index (χ1v) is 8.07. The van der Waals surface area contributed by atoms with E-state index in [1.807, 2.05) is 31.2 Å². The summed E-state index contributed by atoms with van der Waals surface area (Å²) in [7, 11) is 0. The van der Waals surface area contributed by atoms with Crippen molar-refractivity contribution in [1.29, 1.82) is 10.7 Å². The number of aromatic nitrogens is 1. The quantitative estimate of drug-likeness (QED) is 0.857. The number of rotatable bonds is 3. The van der Waals surface area contributed by atoms with Crippen LogP contribution in [0.25, 0.3) is 0 Å². The molecule has 2 unspecified atom stereocenters. The monoisotopic (exact) mass is 370 g/mol. The third-order valence-electron chi connectivity index (χ3n) is 3.79. The van der Waals surface area contributed by atoms with Crippen molar-refractivity contribution in [3.05, 3.63) is 52.3 Å². The third kappa shape index (κ3) is 2.92. The van der Waals surface area contributed by atoms with Crippen LogP contribution in [0.5, 0.6) is 5.75 Å². The van der Waals surface area contributed by atoms with E-state index >= 15 is 0 Å². The van der Waals surface area contributed by atoms with Gasteiger partial charge in [0.1, 0.15) is 11.7 Å². The van der Waals surface area contributed by atoms with Crippen LogP contribution in [0, 0.1) is 22.7 Å². The smallest absolute Gasteiger partial charge is 0.205 e. The summed E-state index contributed by atoms with van der Waals surface area (Å²) < 4.78 is 6.44. The van der Waals surface area contributed by atoms with E-state index < -0.39 is 5.92 Å². The van der Waals surface area contributed by atoms with E-state index in [1.54, 1.807) is 12.4 Å². The molecule has 1 aromatic heterocycles. The minimum Gasteiger partial charge on any atom is -0.442 e. The summed E-state index contributed by atoms with van der Waals surface area (Å²) in [5.41, 5.74) is 2.71. The van der Waals surface area contributed by atoms with Crippen LogP contribution in [0.15, 0.2) is 41.1 Å². The Hall–Kier alpha value is -2.39. The van der Waals surface area contributed by atoms with Crippen molar-refractivity contribution in [3.8, 4) is 11.8 Å². The van der Waals surface area contributed by atoms with Gasteiger partial charge < -0.3 is 10.1 Å². The molecule has 23 heavy (non-hydrogen) atoms. The van der Waals surface area contributed by atoms with Crippen LogP contribution in [-0.2, 0) is 0 Å². The van der Waals surface area contributed by atoms with Crippen LogP contribution in [0.1, 0.15) is 24.0 Å². The zero-order valence-electron chi connectivity index (χ0n) is 12.5.